The number of aromatic nitrogens is 2. The predicted molar refractivity (Wildman–Crippen MR) is 114 cm³/mol. The molecule has 1 atom stereocenters. The van der Waals surface area contributed by atoms with Gasteiger partial charge in [-0.05, 0) is 51.0 Å². The number of carboxylic acid groups (broad SMARTS) is 1. The first-order valence-corrected chi connectivity index (χ1v) is 9.73. The molecule has 0 spiro atoms. The van der Waals surface area contributed by atoms with Gasteiger partial charge in [0.15, 0.2) is 0 Å². The lowest BCUT2D eigenvalue weighted by Gasteiger charge is -2.13. The maximum atomic E-state index is 11.1. The van der Waals surface area contributed by atoms with E-state index in [-0.39, 0.29) is 12.3 Å². The Bertz CT molecular complexity index is 1070. The van der Waals surface area contributed by atoms with Crippen LogP contribution < -0.4 is 4.74 Å². The van der Waals surface area contributed by atoms with Crippen molar-refractivity contribution >= 4 is 16.9 Å². The van der Waals surface area contributed by atoms with Crippen LogP contribution in [0.2, 0.25) is 0 Å². The van der Waals surface area contributed by atoms with E-state index in [0.717, 1.165) is 27.8 Å². The van der Waals surface area contributed by atoms with E-state index in [1.54, 1.807) is 6.92 Å². The average Bonchev–Trinajstić information content (AvgIpc) is 3.14. The van der Waals surface area contributed by atoms with E-state index >= 15 is 0 Å². The van der Waals surface area contributed by atoms with Gasteiger partial charge in [0.1, 0.15) is 12.4 Å². The summed E-state index contributed by atoms with van der Waals surface area (Å²) in [6.07, 6.45) is 1.90. The molecule has 1 aromatic heterocycles. The Morgan fingerprint density at radius 3 is 2.55 bits per heavy atom. The first-order chi connectivity index (χ1) is 13.9. The monoisotopic (exact) mass is 390 g/mol. The minimum Gasteiger partial charge on any atom is -0.489 e. The van der Waals surface area contributed by atoms with Crippen molar-refractivity contribution in [2.75, 3.05) is 0 Å². The molecule has 1 N–H and O–H groups in total. The fourth-order valence-electron chi connectivity index (χ4n) is 3.46. The summed E-state index contributed by atoms with van der Waals surface area (Å²) >= 11 is 0. The van der Waals surface area contributed by atoms with Crippen LogP contribution in [0.4, 0.5) is 0 Å². The fraction of sp³-hybridized carbons (Fsp3) is 0.333. The Morgan fingerprint density at radius 1 is 1.21 bits per heavy atom. The SMILES string of the molecule is CC#C[C@@H](CC(=O)O)c1ccc(OCc2ccc(C)c3c2cnn3C(C)C)cc1. The topological polar surface area (TPSA) is 64.3 Å². The van der Waals surface area contributed by atoms with Crippen LogP contribution in [0.3, 0.4) is 0 Å². The van der Waals surface area contributed by atoms with Gasteiger partial charge in [0.25, 0.3) is 0 Å². The smallest absolute Gasteiger partial charge is 0.304 e. The fourth-order valence-corrected chi connectivity index (χ4v) is 3.46. The molecule has 5 heteroatoms. The van der Waals surface area contributed by atoms with Gasteiger partial charge in [-0.1, -0.05) is 30.2 Å². The zero-order chi connectivity index (χ0) is 21.0. The van der Waals surface area contributed by atoms with E-state index in [1.165, 1.54) is 5.56 Å². The molecule has 1 heterocycles. The molecular formula is C24H26N2O3. The summed E-state index contributed by atoms with van der Waals surface area (Å²) in [5, 5.41) is 14.7. The number of carboxylic acids is 1. The third-order valence-corrected chi connectivity index (χ3v) is 4.91. The Kier molecular flexibility index (Phi) is 6.23. The molecule has 0 bridgehead atoms. The van der Waals surface area contributed by atoms with Gasteiger partial charge in [0.05, 0.1) is 24.1 Å². The minimum absolute atomic E-state index is 0.0117. The van der Waals surface area contributed by atoms with Crippen LogP contribution in [-0.4, -0.2) is 20.9 Å². The quantitative estimate of drug-likeness (QED) is 0.571. The molecule has 0 fully saturated rings. The standard InChI is InChI=1S/C24H26N2O3/c1-5-6-19(13-23(27)28)18-9-11-21(12-10-18)29-15-20-8-7-17(4)24-22(20)14-25-26(24)16(2)3/h7-12,14,16,19H,13,15H2,1-4H3,(H,27,28)/t19-/m0/s1. The summed E-state index contributed by atoms with van der Waals surface area (Å²) in [5.74, 6) is 5.34. The van der Waals surface area contributed by atoms with Crippen molar-refractivity contribution in [1.29, 1.82) is 0 Å². The third kappa shape index (κ3) is 4.60. The molecule has 0 radical (unpaired) electrons. The zero-order valence-electron chi connectivity index (χ0n) is 17.3. The summed E-state index contributed by atoms with van der Waals surface area (Å²) in [5.41, 5.74) is 4.30. The normalized spacial score (nSPS) is 11.9. The van der Waals surface area contributed by atoms with Crippen molar-refractivity contribution in [3.8, 4) is 17.6 Å². The number of carbonyl (C=O) groups is 1. The Balaban J connectivity index is 1.77. The van der Waals surface area contributed by atoms with Crippen molar-refractivity contribution in [2.45, 2.75) is 52.7 Å². The van der Waals surface area contributed by atoms with Crippen molar-refractivity contribution in [3.63, 3.8) is 0 Å². The molecule has 0 saturated heterocycles. The maximum Gasteiger partial charge on any atom is 0.304 e. The van der Waals surface area contributed by atoms with Crippen LogP contribution in [-0.2, 0) is 11.4 Å². The van der Waals surface area contributed by atoms with Gasteiger partial charge in [0, 0.05) is 17.0 Å². The van der Waals surface area contributed by atoms with Crippen LogP contribution in [0.15, 0.2) is 42.6 Å². The molecule has 150 valence electrons. The Hall–Kier alpha value is -3.26. The summed E-state index contributed by atoms with van der Waals surface area (Å²) in [6.45, 7) is 8.50. The number of fused-ring (bicyclic) bond motifs is 1. The molecule has 0 aliphatic heterocycles. The highest BCUT2D eigenvalue weighted by atomic mass is 16.5. The second-order valence-electron chi connectivity index (χ2n) is 7.39. The highest BCUT2D eigenvalue weighted by molar-refractivity contribution is 5.85. The first-order valence-electron chi connectivity index (χ1n) is 9.73. The van der Waals surface area contributed by atoms with E-state index < -0.39 is 5.97 Å². The number of hydrogen-bond donors (Lipinski definition) is 1. The first kappa shape index (κ1) is 20.5. The lowest BCUT2D eigenvalue weighted by Crippen LogP contribution is -2.05. The summed E-state index contributed by atoms with van der Waals surface area (Å²) < 4.78 is 8.04. The number of aliphatic carboxylic acids is 1. The third-order valence-electron chi connectivity index (χ3n) is 4.91. The molecule has 0 aliphatic rings. The minimum atomic E-state index is -0.858. The van der Waals surface area contributed by atoms with Gasteiger partial charge in [-0.2, -0.15) is 5.10 Å². The van der Waals surface area contributed by atoms with E-state index in [2.05, 4.69) is 49.8 Å². The van der Waals surface area contributed by atoms with Crippen LogP contribution in [0.25, 0.3) is 10.9 Å². The van der Waals surface area contributed by atoms with E-state index in [4.69, 9.17) is 9.84 Å². The summed E-state index contributed by atoms with van der Waals surface area (Å²) in [7, 11) is 0. The van der Waals surface area contributed by atoms with Gasteiger partial charge < -0.3 is 9.84 Å². The second kappa shape index (κ2) is 8.83. The van der Waals surface area contributed by atoms with Crippen LogP contribution >= 0.6 is 0 Å². The largest absolute Gasteiger partial charge is 0.489 e. The highest BCUT2D eigenvalue weighted by Gasteiger charge is 2.14. The molecule has 29 heavy (non-hydrogen) atoms. The van der Waals surface area contributed by atoms with Crippen molar-refractivity contribution in [2.24, 2.45) is 0 Å². The molecule has 0 amide bonds. The molecular weight excluding hydrogens is 364 g/mol. The number of benzene rings is 2. The van der Waals surface area contributed by atoms with Crippen LogP contribution in [0.1, 0.15) is 55.8 Å². The number of ether oxygens (including phenoxy) is 1. The van der Waals surface area contributed by atoms with Crippen molar-refractivity contribution in [3.05, 3.63) is 59.3 Å². The molecule has 0 saturated carbocycles. The van der Waals surface area contributed by atoms with Gasteiger partial charge in [-0.15, -0.1) is 5.92 Å². The van der Waals surface area contributed by atoms with E-state index in [9.17, 15) is 4.79 Å². The second-order valence-corrected chi connectivity index (χ2v) is 7.39. The predicted octanol–water partition coefficient (Wildman–Crippen LogP) is 5.09. The molecule has 3 rings (SSSR count). The van der Waals surface area contributed by atoms with Crippen LogP contribution in [0, 0.1) is 18.8 Å². The van der Waals surface area contributed by atoms with Gasteiger partial charge in [-0.25, -0.2) is 0 Å². The molecule has 0 unspecified atom stereocenters. The lowest BCUT2D eigenvalue weighted by atomic mass is 9.96. The summed E-state index contributed by atoms with van der Waals surface area (Å²) in [4.78, 5) is 11.1. The molecule has 3 aromatic rings. The number of rotatable bonds is 7. The van der Waals surface area contributed by atoms with Gasteiger partial charge in [-0.3, -0.25) is 9.48 Å². The van der Waals surface area contributed by atoms with E-state index in [1.807, 2.05) is 35.1 Å². The Labute approximate surface area is 171 Å². The Morgan fingerprint density at radius 2 is 1.93 bits per heavy atom. The summed E-state index contributed by atoms with van der Waals surface area (Å²) in [6, 6.07) is 12.0. The molecule has 0 aliphatic carbocycles. The lowest BCUT2D eigenvalue weighted by molar-refractivity contribution is -0.137. The number of nitrogens with zero attached hydrogens (tertiary/aromatic N) is 2. The average molecular weight is 390 g/mol. The van der Waals surface area contributed by atoms with Crippen molar-refractivity contribution in [1.82, 2.24) is 9.78 Å². The van der Waals surface area contributed by atoms with Gasteiger partial charge >= 0.3 is 5.97 Å². The highest BCUT2D eigenvalue weighted by Crippen LogP contribution is 2.27. The van der Waals surface area contributed by atoms with Gasteiger partial charge in [0.2, 0.25) is 0 Å². The number of hydrogen-bond acceptors (Lipinski definition) is 3. The number of aryl methyl sites for hydroxylation is 1. The molecule has 5 nitrogen and oxygen atoms in total. The van der Waals surface area contributed by atoms with Crippen molar-refractivity contribution < 1.29 is 14.6 Å². The van der Waals surface area contributed by atoms with Crippen LogP contribution in [0.5, 0.6) is 5.75 Å². The maximum absolute atomic E-state index is 11.1. The molecule has 2 aromatic carbocycles. The van der Waals surface area contributed by atoms with E-state index in [0.29, 0.717) is 12.6 Å². The zero-order valence-corrected chi connectivity index (χ0v) is 17.3.